The summed E-state index contributed by atoms with van der Waals surface area (Å²) in [5.74, 6) is 0. The molecule has 0 aliphatic carbocycles. The molecule has 8 aromatic carbocycles. The molecule has 0 saturated heterocycles. The van der Waals surface area contributed by atoms with E-state index in [-0.39, 0.29) is 6.85 Å². The molecule has 0 amide bonds. The average molecular weight is 625 g/mol. The molecule has 0 atom stereocenters. The van der Waals surface area contributed by atoms with Gasteiger partial charge in [-0.3, -0.25) is 0 Å². The highest BCUT2D eigenvalue weighted by molar-refractivity contribution is 7.26. The van der Waals surface area contributed by atoms with Crippen LogP contribution in [0.1, 0.15) is 0 Å². The van der Waals surface area contributed by atoms with Gasteiger partial charge < -0.3 is 9.38 Å². The second-order valence-electron chi connectivity index (χ2n) is 13.2. The number of fused-ring (bicyclic) bond motifs is 14. The molecule has 2 nitrogen and oxygen atoms in total. The third-order valence-corrected chi connectivity index (χ3v) is 12.1. The number of rotatable bonds is 1. The molecule has 0 spiro atoms. The van der Waals surface area contributed by atoms with Gasteiger partial charge in [0, 0.05) is 69.6 Å². The summed E-state index contributed by atoms with van der Waals surface area (Å²) in [6.07, 6.45) is 0. The monoisotopic (exact) mass is 624 g/mol. The van der Waals surface area contributed by atoms with Crippen LogP contribution in [0.5, 0.6) is 0 Å². The van der Waals surface area contributed by atoms with Crippen LogP contribution in [-0.2, 0) is 0 Å². The Morgan fingerprint density at radius 1 is 0.500 bits per heavy atom. The molecule has 0 unspecified atom stereocenters. The first-order chi connectivity index (χ1) is 23.8. The van der Waals surface area contributed by atoms with Crippen molar-refractivity contribution in [1.82, 2.24) is 4.48 Å². The van der Waals surface area contributed by atoms with E-state index in [0.717, 1.165) is 0 Å². The molecule has 0 bridgehead atoms. The maximum atomic E-state index is 2.67. The Morgan fingerprint density at radius 2 is 1.19 bits per heavy atom. The van der Waals surface area contributed by atoms with E-state index in [1.54, 1.807) is 0 Å². The number of thiophene rings is 1. The summed E-state index contributed by atoms with van der Waals surface area (Å²) < 4.78 is 5.38. The van der Waals surface area contributed by atoms with Gasteiger partial charge in [-0.05, 0) is 46.0 Å². The van der Waals surface area contributed by atoms with Crippen LogP contribution < -0.4 is 15.8 Å². The molecule has 4 heterocycles. The van der Waals surface area contributed by atoms with Crippen LogP contribution in [0.3, 0.4) is 0 Å². The first-order valence-electron chi connectivity index (χ1n) is 16.6. The topological polar surface area (TPSA) is 8.17 Å². The van der Waals surface area contributed by atoms with Crippen LogP contribution in [-0.4, -0.2) is 11.3 Å². The predicted molar refractivity (Wildman–Crippen MR) is 208 cm³/mol. The van der Waals surface area contributed by atoms with Gasteiger partial charge in [0.25, 0.3) is 0 Å². The molecule has 0 fully saturated rings. The van der Waals surface area contributed by atoms with Gasteiger partial charge >= 0.3 is 6.85 Å². The zero-order valence-electron chi connectivity index (χ0n) is 25.8. The molecule has 48 heavy (non-hydrogen) atoms. The summed E-state index contributed by atoms with van der Waals surface area (Å²) in [6.45, 7) is 0.0211. The molecule has 2 aliphatic heterocycles. The van der Waals surface area contributed by atoms with Gasteiger partial charge in [-0.25, -0.2) is 0 Å². The van der Waals surface area contributed by atoms with Gasteiger partial charge in [0.05, 0.1) is 11.4 Å². The zero-order chi connectivity index (χ0) is 31.1. The fraction of sp³-hybridized carbons (Fsp3) is 0. The number of nitrogens with zero attached hydrogens (tertiary/aromatic N) is 2. The van der Waals surface area contributed by atoms with Crippen molar-refractivity contribution in [1.29, 1.82) is 0 Å². The summed E-state index contributed by atoms with van der Waals surface area (Å²) >= 11 is 1.94. The minimum absolute atomic E-state index is 0.0211. The molecule has 2 aromatic heterocycles. The minimum atomic E-state index is 0.0211. The van der Waals surface area contributed by atoms with E-state index in [9.17, 15) is 0 Å². The van der Waals surface area contributed by atoms with Crippen LogP contribution in [0.4, 0.5) is 17.1 Å². The average Bonchev–Trinajstić information content (AvgIpc) is 3.69. The van der Waals surface area contributed by atoms with Crippen molar-refractivity contribution < 1.29 is 0 Å². The number of hydrogen-bond donors (Lipinski definition) is 0. The normalized spacial score (nSPS) is 13.3. The molecule has 0 N–H and O–H groups in total. The second kappa shape index (κ2) is 8.94. The third kappa shape index (κ3) is 3.01. The lowest BCUT2D eigenvalue weighted by Gasteiger charge is -2.41. The van der Waals surface area contributed by atoms with Crippen LogP contribution in [0, 0.1) is 0 Å². The predicted octanol–water partition coefficient (Wildman–Crippen LogP) is 10.9. The Balaban J connectivity index is 1.36. The summed E-state index contributed by atoms with van der Waals surface area (Å²) in [6, 6.07) is 56.7. The van der Waals surface area contributed by atoms with Crippen LogP contribution in [0.15, 0.2) is 152 Å². The first kappa shape index (κ1) is 25.3. The van der Waals surface area contributed by atoms with Crippen molar-refractivity contribution >= 4 is 110 Å². The van der Waals surface area contributed by atoms with E-state index < -0.39 is 0 Å². The standard InChI is InChI=1S/C44H25BN2S/c1-3-14-28-26(11-1)13-9-21-36(28)46-38-25-34-31-17-6-8-22-39(31)48-44(34)40-33-19-10-18-32-30-16-5-7-20-37(30)47(42(32)33)45(41(38)40)35-24-23-27-12-2-4-15-29(27)43(35)46/h1-25H. The van der Waals surface area contributed by atoms with Crippen molar-refractivity contribution in [2.45, 2.75) is 0 Å². The Hall–Kier alpha value is -5.84. The van der Waals surface area contributed by atoms with Crippen molar-refractivity contribution in [3.05, 3.63) is 152 Å². The van der Waals surface area contributed by atoms with Crippen LogP contribution >= 0.6 is 11.3 Å². The molecule has 4 heteroatoms. The molecule has 2 aliphatic rings. The molecular weight excluding hydrogens is 599 g/mol. The van der Waals surface area contributed by atoms with E-state index in [2.05, 4.69) is 161 Å². The first-order valence-corrected chi connectivity index (χ1v) is 17.5. The van der Waals surface area contributed by atoms with Crippen molar-refractivity contribution in [2.24, 2.45) is 0 Å². The van der Waals surface area contributed by atoms with Gasteiger partial charge in [-0.2, -0.15) is 0 Å². The highest BCUT2D eigenvalue weighted by atomic mass is 32.1. The molecule has 0 saturated carbocycles. The number of benzene rings is 8. The summed E-state index contributed by atoms with van der Waals surface area (Å²) in [5.41, 5.74) is 11.8. The van der Waals surface area contributed by atoms with E-state index in [4.69, 9.17) is 0 Å². The molecule has 12 rings (SSSR count). The summed E-state index contributed by atoms with van der Waals surface area (Å²) in [4.78, 5) is 2.61. The maximum absolute atomic E-state index is 2.67. The zero-order valence-corrected chi connectivity index (χ0v) is 26.6. The second-order valence-corrected chi connectivity index (χ2v) is 14.3. The Kier molecular flexibility index (Phi) is 4.71. The third-order valence-electron chi connectivity index (χ3n) is 10.9. The number of hydrogen-bond acceptors (Lipinski definition) is 2. The quantitative estimate of drug-likeness (QED) is 0.165. The van der Waals surface area contributed by atoms with Crippen molar-refractivity contribution in [3.8, 4) is 11.1 Å². The van der Waals surface area contributed by atoms with E-state index in [1.807, 2.05) is 11.3 Å². The van der Waals surface area contributed by atoms with Gasteiger partial charge in [0.2, 0.25) is 0 Å². The van der Waals surface area contributed by atoms with Gasteiger partial charge in [0.15, 0.2) is 0 Å². The Labute approximate surface area is 280 Å². The van der Waals surface area contributed by atoms with Gasteiger partial charge in [0.1, 0.15) is 0 Å². The molecule has 220 valence electrons. The fourth-order valence-corrected chi connectivity index (χ4v) is 10.3. The Morgan fingerprint density at radius 3 is 2.08 bits per heavy atom. The van der Waals surface area contributed by atoms with Gasteiger partial charge in [-0.15, -0.1) is 11.3 Å². The summed E-state index contributed by atoms with van der Waals surface area (Å²) in [7, 11) is 0. The molecule has 0 radical (unpaired) electrons. The van der Waals surface area contributed by atoms with Gasteiger partial charge in [-0.1, -0.05) is 127 Å². The van der Waals surface area contributed by atoms with E-state index in [1.165, 1.54) is 103 Å². The molecular formula is C44H25BN2S. The highest BCUT2D eigenvalue weighted by Gasteiger charge is 2.44. The van der Waals surface area contributed by atoms with E-state index in [0.29, 0.717) is 0 Å². The summed E-state index contributed by atoms with van der Waals surface area (Å²) in [5, 5.41) is 10.3. The maximum Gasteiger partial charge on any atom is 0.333 e. The lowest BCUT2D eigenvalue weighted by atomic mass is 9.45. The van der Waals surface area contributed by atoms with E-state index >= 15 is 0 Å². The highest BCUT2D eigenvalue weighted by Crippen LogP contribution is 2.52. The van der Waals surface area contributed by atoms with Crippen LogP contribution in [0.2, 0.25) is 0 Å². The fourth-order valence-electron chi connectivity index (χ4n) is 9.05. The largest absolute Gasteiger partial charge is 0.375 e. The minimum Gasteiger partial charge on any atom is -0.375 e. The van der Waals surface area contributed by atoms with Crippen molar-refractivity contribution in [3.63, 3.8) is 0 Å². The number of aromatic nitrogens is 1. The lowest BCUT2D eigenvalue weighted by molar-refractivity contribution is 1.28. The number of anilines is 3. The lowest BCUT2D eigenvalue weighted by Crippen LogP contribution is -2.56. The van der Waals surface area contributed by atoms with Crippen LogP contribution in [0.25, 0.3) is 74.6 Å². The SMILES string of the molecule is c1ccc2c(N3c4cc5c(sc6ccccc65)c5c4B(c4ccc6ccccc6c43)n3c4ccccc4c4cccc-5c43)cccc2c1. The molecule has 10 aromatic rings. The smallest absolute Gasteiger partial charge is 0.333 e. The Bertz CT molecular complexity index is 3040. The van der Waals surface area contributed by atoms with Crippen molar-refractivity contribution in [2.75, 3.05) is 4.90 Å². The number of para-hydroxylation sites is 2.